The van der Waals surface area contributed by atoms with Gasteiger partial charge in [0, 0.05) is 10.8 Å². The Bertz CT molecular complexity index is 680. The topological polar surface area (TPSA) is 0 Å². The summed E-state index contributed by atoms with van der Waals surface area (Å²) in [6.07, 6.45) is 34.4. The maximum absolute atomic E-state index is 7.45. The third kappa shape index (κ3) is 5.97. The highest BCUT2D eigenvalue weighted by Crippen LogP contribution is 2.77. The third-order valence-corrected chi connectivity index (χ3v) is 15.0. The van der Waals surface area contributed by atoms with Gasteiger partial charge in [0.1, 0.15) is 4.33 Å². The summed E-state index contributed by atoms with van der Waals surface area (Å²) in [6.45, 7) is 4.71. The van der Waals surface area contributed by atoms with Crippen LogP contribution >= 0.6 is 23.2 Å². The molecule has 0 heterocycles. The van der Waals surface area contributed by atoms with Crippen molar-refractivity contribution < 1.29 is 0 Å². The Labute approximate surface area is 241 Å². The van der Waals surface area contributed by atoms with Gasteiger partial charge < -0.3 is 0 Å². The normalized spacial score (nSPS) is 44.1. The van der Waals surface area contributed by atoms with Gasteiger partial charge in [-0.3, -0.25) is 0 Å². The molecule has 0 radical (unpaired) electrons. The molecule has 0 N–H and O–H groups in total. The molecule has 0 saturated heterocycles. The molecule has 5 rings (SSSR count). The van der Waals surface area contributed by atoms with Crippen molar-refractivity contribution in [2.75, 3.05) is 0 Å². The molecule has 0 aromatic carbocycles. The third-order valence-electron chi connectivity index (χ3n) is 13.4. The molecule has 37 heavy (non-hydrogen) atoms. The monoisotopic (exact) mass is 550 g/mol. The zero-order valence-electron chi connectivity index (χ0n) is 24.7. The molecule has 5 aliphatic rings. The van der Waals surface area contributed by atoms with Gasteiger partial charge >= 0.3 is 0 Å². The van der Waals surface area contributed by atoms with E-state index in [1.807, 2.05) is 0 Å². The summed E-state index contributed by atoms with van der Waals surface area (Å²) < 4.78 is -0.453. The molecular weight excluding hydrogens is 491 g/mol. The lowest BCUT2D eigenvalue weighted by Gasteiger charge is -2.69. The van der Waals surface area contributed by atoms with Crippen LogP contribution in [0.1, 0.15) is 168 Å². The molecule has 0 aromatic rings. The van der Waals surface area contributed by atoms with E-state index in [1.165, 1.54) is 154 Å². The Morgan fingerprint density at radius 2 is 0.946 bits per heavy atom. The maximum Gasteiger partial charge on any atom is 0.129 e. The van der Waals surface area contributed by atoms with E-state index in [9.17, 15) is 0 Å². The van der Waals surface area contributed by atoms with Crippen molar-refractivity contribution in [3.05, 3.63) is 0 Å². The van der Waals surface area contributed by atoms with Crippen molar-refractivity contribution in [1.29, 1.82) is 0 Å². The zero-order chi connectivity index (χ0) is 25.9. The van der Waals surface area contributed by atoms with E-state index < -0.39 is 4.33 Å². The van der Waals surface area contributed by atoms with Crippen LogP contribution in [0.2, 0.25) is 0 Å². The van der Waals surface area contributed by atoms with E-state index in [0.29, 0.717) is 0 Å². The second kappa shape index (κ2) is 12.6. The zero-order valence-corrected chi connectivity index (χ0v) is 26.2. The van der Waals surface area contributed by atoms with Gasteiger partial charge in [0.15, 0.2) is 0 Å². The largest absolute Gasteiger partial charge is 0.129 e. The van der Waals surface area contributed by atoms with Crippen molar-refractivity contribution in [2.45, 2.75) is 172 Å². The lowest BCUT2D eigenvalue weighted by molar-refractivity contribution is -0.122. The number of alkyl halides is 2. The molecule has 5 aliphatic carbocycles. The summed E-state index contributed by atoms with van der Waals surface area (Å²) in [7, 11) is 0. The smallest absolute Gasteiger partial charge is 0.100 e. The van der Waals surface area contributed by atoms with Gasteiger partial charge in [-0.15, -0.1) is 23.2 Å². The summed E-state index contributed by atoms with van der Waals surface area (Å²) in [4.78, 5) is 0. The highest BCUT2D eigenvalue weighted by Gasteiger charge is 2.72. The Hall–Kier alpha value is 0.580. The van der Waals surface area contributed by atoms with E-state index in [2.05, 4.69) is 13.8 Å². The van der Waals surface area contributed by atoms with Gasteiger partial charge in [0.25, 0.3) is 0 Å². The van der Waals surface area contributed by atoms with Crippen LogP contribution in [0.25, 0.3) is 0 Å². The van der Waals surface area contributed by atoms with Gasteiger partial charge in [-0.25, -0.2) is 0 Å². The summed E-state index contributed by atoms with van der Waals surface area (Å²) in [5.74, 6) is 5.98. The fourth-order valence-electron chi connectivity index (χ4n) is 10.7. The molecule has 0 aromatic heterocycles. The fourth-order valence-corrected chi connectivity index (χ4v) is 11.7. The fraction of sp³-hybridized carbons (Fsp3) is 1.00. The van der Waals surface area contributed by atoms with Crippen LogP contribution in [0.5, 0.6) is 0 Å². The van der Waals surface area contributed by atoms with Crippen LogP contribution in [0.4, 0.5) is 0 Å². The quantitative estimate of drug-likeness (QED) is 0.197. The molecule has 0 aliphatic heterocycles. The van der Waals surface area contributed by atoms with Crippen molar-refractivity contribution >= 4 is 23.2 Å². The number of halogens is 2. The van der Waals surface area contributed by atoms with Gasteiger partial charge in [0.05, 0.1) is 0 Å². The van der Waals surface area contributed by atoms with Crippen LogP contribution in [0.3, 0.4) is 0 Å². The second-order valence-electron chi connectivity index (χ2n) is 15.2. The van der Waals surface area contributed by atoms with Gasteiger partial charge in [-0.1, -0.05) is 84.5 Å². The van der Waals surface area contributed by atoms with Crippen LogP contribution in [-0.4, -0.2) is 4.33 Å². The average Bonchev–Trinajstić information content (AvgIpc) is 2.94. The van der Waals surface area contributed by atoms with Crippen molar-refractivity contribution in [3.63, 3.8) is 0 Å². The van der Waals surface area contributed by atoms with Gasteiger partial charge in [0.2, 0.25) is 0 Å². The first-order chi connectivity index (χ1) is 17.9. The van der Waals surface area contributed by atoms with E-state index >= 15 is 0 Å². The molecule has 0 atom stereocenters. The molecule has 214 valence electrons. The Morgan fingerprint density at radius 1 is 0.514 bits per heavy atom. The molecule has 5 fully saturated rings. The lowest BCUT2D eigenvalue weighted by atomic mass is 9.42. The average molecular weight is 552 g/mol. The van der Waals surface area contributed by atoms with Crippen LogP contribution < -0.4 is 0 Å². The summed E-state index contributed by atoms with van der Waals surface area (Å²) in [6, 6.07) is 0. The molecule has 2 heteroatoms. The first-order valence-electron chi connectivity index (χ1n) is 17.3. The highest BCUT2D eigenvalue weighted by molar-refractivity contribution is 6.50. The van der Waals surface area contributed by atoms with Crippen LogP contribution in [-0.2, 0) is 0 Å². The second-order valence-corrected chi connectivity index (χ2v) is 16.5. The first kappa shape index (κ1) is 29.1. The standard InChI is InChI=1S/C35H60Cl2/c1-3-5-6-7-8-9-28-12-16-30(17-13-28)32-20-24-34(25-21-32)26-33(35(34,36)37)22-18-31(19-23-33)29-14-10-27(4-2)11-15-29/h27-32H,3-26H2,1-2H3/t27?,28?,29?,30?,31-,32?,33-,34-. The molecule has 0 bridgehead atoms. The molecule has 0 unspecified atom stereocenters. The number of hydrogen-bond acceptors (Lipinski definition) is 0. The van der Waals surface area contributed by atoms with Crippen molar-refractivity contribution in [2.24, 2.45) is 46.3 Å². The number of hydrogen-bond donors (Lipinski definition) is 0. The van der Waals surface area contributed by atoms with Crippen LogP contribution in [0, 0.1) is 46.3 Å². The first-order valence-corrected chi connectivity index (χ1v) is 18.1. The minimum absolute atomic E-state index is 0.244. The SMILES string of the molecule is CCCCCCCC1CCC(C2CC[C@]3(CC2)C[C@@]2(CC[C@H](C4CCC(CC)CC4)CC2)C3(Cl)Cl)CC1. The molecule has 0 nitrogen and oxygen atoms in total. The Balaban J connectivity index is 1.04. The van der Waals surface area contributed by atoms with Crippen molar-refractivity contribution in [1.82, 2.24) is 0 Å². The molecule has 5 saturated carbocycles. The van der Waals surface area contributed by atoms with Gasteiger partial charge in [-0.2, -0.15) is 0 Å². The van der Waals surface area contributed by atoms with E-state index in [-0.39, 0.29) is 10.8 Å². The van der Waals surface area contributed by atoms with E-state index in [1.54, 1.807) is 0 Å². The molecule has 2 spiro atoms. The number of rotatable bonds is 9. The highest BCUT2D eigenvalue weighted by atomic mass is 35.5. The lowest BCUT2D eigenvalue weighted by Crippen LogP contribution is -2.66. The number of unbranched alkanes of at least 4 members (excludes halogenated alkanes) is 4. The van der Waals surface area contributed by atoms with E-state index in [4.69, 9.17) is 23.2 Å². The minimum Gasteiger partial charge on any atom is -0.100 e. The van der Waals surface area contributed by atoms with Crippen molar-refractivity contribution in [3.8, 4) is 0 Å². The van der Waals surface area contributed by atoms with Gasteiger partial charge in [-0.05, 0) is 119 Å². The summed E-state index contributed by atoms with van der Waals surface area (Å²) >= 11 is 14.9. The Kier molecular flexibility index (Phi) is 9.92. The Morgan fingerprint density at radius 3 is 1.38 bits per heavy atom. The predicted molar refractivity (Wildman–Crippen MR) is 162 cm³/mol. The summed E-state index contributed by atoms with van der Waals surface area (Å²) in [5.41, 5.74) is 0.490. The molecule has 0 amide bonds. The minimum atomic E-state index is -0.453. The summed E-state index contributed by atoms with van der Waals surface area (Å²) in [5, 5.41) is 0. The van der Waals surface area contributed by atoms with Crippen LogP contribution in [0.15, 0.2) is 0 Å². The predicted octanol–water partition coefficient (Wildman–Crippen LogP) is 12.3. The van der Waals surface area contributed by atoms with E-state index in [0.717, 1.165) is 35.5 Å². The maximum atomic E-state index is 7.45. The molecular formula is C35H60Cl2.